The van der Waals surface area contributed by atoms with Gasteiger partial charge >= 0.3 is 0 Å². The van der Waals surface area contributed by atoms with Crippen LogP contribution < -0.4 is 10.9 Å². The molecule has 1 saturated carbocycles. The number of nitrogens with one attached hydrogen (secondary N) is 1. The van der Waals surface area contributed by atoms with Gasteiger partial charge in [0.25, 0.3) is 5.56 Å². The van der Waals surface area contributed by atoms with Gasteiger partial charge in [0.05, 0.1) is 12.1 Å². The van der Waals surface area contributed by atoms with Crippen LogP contribution in [0.3, 0.4) is 0 Å². The molecule has 88 valence electrons. The highest BCUT2D eigenvalue weighted by atomic mass is 16.3. The lowest BCUT2D eigenvalue weighted by Crippen LogP contribution is -2.39. The smallest absolute Gasteiger partial charge is 0.274 e. The molecule has 1 aliphatic carbocycles. The Hall–Kier alpha value is -1.29. The topological polar surface area (TPSA) is 54.3 Å². The first kappa shape index (κ1) is 11.2. The van der Waals surface area contributed by atoms with Gasteiger partial charge in [-0.15, -0.1) is 0 Å². The zero-order valence-corrected chi connectivity index (χ0v) is 9.68. The molecule has 1 fully saturated rings. The van der Waals surface area contributed by atoms with Crippen molar-refractivity contribution in [1.29, 1.82) is 0 Å². The molecule has 0 saturated heterocycles. The van der Waals surface area contributed by atoms with E-state index in [2.05, 4.69) is 5.32 Å². The van der Waals surface area contributed by atoms with Gasteiger partial charge in [-0.2, -0.15) is 0 Å². The van der Waals surface area contributed by atoms with E-state index in [1.165, 1.54) is 0 Å². The van der Waals surface area contributed by atoms with Crippen molar-refractivity contribution in [3.05, 3.63) is 28.7 Å². The molecule has 0 aliphatic heterocycles. The summed E-state index contributed by atoms with van der Waals surface area (Å²) in [6.07, 6.45) is 3.05. The largest absolute Gasteiger partial charge is 0.391 e. The minimum absolute atomic E-state index is 0.0404. The third-order valence-electron chi connectivity index (χ3n) is 2.98. The fourth-order valence-electron chi connectivity index (χ4n) is 1.98. The Morgan fingerprint density at radius 1 is 1.50 bits per heavy atom. The first-order valence-corrected chi connectivity index (χ1v) is 5.75. The Kier molecular flexibility index (Phi) is 3.01. The highest BCUT2D eigenvalue weighted by Crippen LogP contribution is 2.30. The second-order valence-electron chi connectivity index (χ2n) is 4.65. The normalized spacial score (nSPS) is 24.2. The Morgan fingerprint density at radius 3 is 2.75 bits per heavy atom. The Morgan fingerprint density at radius 2 is 2.25 bits per heavy atom. The van der Waals surface area contributed by atoms with E-state index in [0.717, 1.165) is 12.8 Å². The first-order chi connectivity index (χ1) is 7.59. The van der Waals surface area contributed by atoms with Crippen molar-refractivity contribution in [3.63, 3.8) is 0 Å². The minimum Gasteiger partial charge on any atom is -0.391 e. The number of rotatable bonds is 3. The molecule has 0 unspecified atom stereocenters. The number of aromatic nitrogens is 1. The summed E-state index contributed by atoms with van der Waals surface area (Å²) >= 11 is 0. The first-order valence-electron chi connectivity index (χ1n) is 5.75. The van der Waals surface area contributed by atoms with Crippen molar-refractivity contribution < 1.29 is 5.11 Å². The average Bonchev–Trinajstić information content (AvgIpc) is 2.21. The minimum atomic E-state index is -0.369. The molecular weight excluding hydrogens is 204 g/mol. The summed E-state index contributed by atoms with van der Waals surface area (Å²) < 4.78 is 1.64. The third kappa shape index (κ3) is 1.97. The summed E-state index contributed by atoms with van der Waals surface area (Å²) in [4.78, 5) is 12.1. The molecule has 1 heterocycles. The molecule has 2 atom stereocenters. The molecule has 1 aromatic rings. The Labute approximate surface area is 94.9 Å². The van der Waals surface area contributed by atoms with E-state index in [1.807, 2.05) is 19.9 Å². The quantitative estimate of drug-likeness (QED) is 0.812. The van der Waals surface area contributed by atoms with Gasteiger partial charge in [0, 0.05) is 12.2 Å². The molecule has 0 radical (unpaired) electrons. The van der Waals surface area contributed by atoms with E-state index >= 15 is 0 Å². The maximum Gasteiger partial charge on any atom is 0.274 e. The van der Waals surface area contributed by atoms with Gasteiger partial charge in [0.2, 0.25) is 0 Å². The van der Waals surface area contributed by atoms with E-state index in [1.54, 1.807) is 16.8 Å². The number of pyridine rings is 1. The van der Waals surface area contributed by atoms with Crippen LogP contribution in [0.1, 0.15) is 32.7 Å². The number of aliphatic hydroxyl groups is 1. The van der Waals surface area contributed by atoms with Gasteiger partial charge < -0.3 is 15.0 Å². The number of hydrogen-bond donors (Lipinski definition) is 2. The maximum atomic E-state index is 12.1. The van der Waals surface area contributed by atoms with Gasteiger partial charge in [-0.3, -0.25) is 4.79 Å². The van der Waals surface area contributed by atoms with Gasteiger partial charge in [-0.1, -0.05) is 0 Å². The van der Waals surface area contributed by atoms with Crippen LogP contribution in [0, 0.1) is 0 Å². The van der Waals surface area contributed by atoms with Crippen molar-refractivity contribution in [2.24, 2.45) is 0 Å². The Balaban J connectivity index is 2.29. The monoisotopic (exact) mass is 222 g/mol. The van der Waals surface area contributed by atoms with Crippen LogP contribution in [0.4, 0.5) is 5.69 Å². The SMILES string of the molecule is CC(C)Nc1cccn([C@@H]2CC[C@H]2O)c1=O. The van der Waals surface area contributed by atoms with Gasteiger partial charge in [-0.25, -0.2) is 0 Å². The van der Waals surface area contributed by atoms with Crippen LogP contribution in [0.25, 0.3) is 0 Å². The van der Waals surface area contributed by atoms with Crippen LogP contribution in [-0.2, 0) is 0 Å². The summed E-state index contributed by atoms with van der Waals surface area (Å²) in [6, 6.07) is 3.82. The van der Waals surface area contributed by atoms with E-state index in [4.69, 9.17) is 0 Å². The van der Waals surface area contributed by atoms with E-state index in [-0.39, 0.29) is 23.7 Å². The Bertz CT molecular complexity index is 425. The lowest BCUT2D eigenvalue weighted by molar-refractivity contribution is 0.0300. The molecule has 0 aromatic carbocycles. The summed E-state index contributed by atoms with van der Waals surface area (Å²) in [7, 11) is 0. The number of nitrogens with zero attached hydrogens (tertiary/aromatic N) is 1. The molecule has 4 nitrogen and oxygen atoms in total. The summed E-state index contributed by atoms with van der Waals surface area (Å²) in [5.41, 5.74) is 0.566. The molecule has 1 aliphatic rings. The predicted molar refractivity (Wildman–Crippen MR) is 63.7 cm³/mol. The standard InChI is InChI=1S/C12H18N2O2/c1-8(2)13-9-4-3-7-14(12(9)16)10-5-6-11(10)15/h3-4,7-8,10-11,13,15H,5-6H2,1-2H3/t10-,11-/m1/s1. The molecule has 4 heteroatoms. The lowest BCUT2D eigenvalue weighted by atomic mass is 9.89. The van der Waals surface area contributed by atoms with Crippen LogP contribution in [0.2, 0.25) is 0 Å². The van der Waals surface area contributed by atoms with Crippen LogP contribution >= 0.6 is 0 Å². The summed E-state index contributed by atoms with van der Waals surface area (Å²) in [5.74, 6) is 0. The van der Waals surface area contributed by atoms with E-state index < -0.39 is 0 Å². The number of aliphatic hydroxyl groups excluding tert-OH is 1. The second kappa shape index (κ2) is 4.29. The van der Waals surface area contributed by atoms with E-state index in [0.29, 0.717) is 5.69 Å². The molecular formula is C12H18N2O2. The molecule has 16 heavy (non-hydrogen) atoms. The van der Waals surface area contributed by atoms with Crippen LogP contribution in [0.15, 0.2) is 23.1 Å². The predicted octanol–water partition coefficient (Wildman–Crippen LogP) is 1.36. The average molecular weight is 222 g/mol. The zero-order chi connectivity index (χ0) is 11.7. The van der Waals surface area contributed by atoms with Crippen molar-refractivity contribution in [2.45, 2.75) is 44.9 Å². The maximum absolute atomic E-state index is 12.1. The molecule has 0 bridgehead atoms. The second-order valence-corrected chi connectivity index (χ2v) is 4.65. The molecule has 1 aromatic heterocycles. The van der Waals surface area contributed by atoms with E-state index in [9.17, 15) is 9.90 Å². The molecule has 2 rings (SSSR count). The van der Waals surface area contributed by atoms with Crippen LogP contribution in [-0.4, -0.2) is 21.8 Å². The summed E-state index contributed by atoms with van der Waals surface area (Å²) in [6.45, 7) is 3.99. The van der Waals surface area contributed by atoms with Gasteiger partial charge in [0.1, 0.15) is 5.69 Å². The molecule has 0 amide bonds. The fraction of sp³-hybridized carbons (Fsp3) is 0.583. The number of hydrogen-bond acceptors (Lipinski definition) is 3. The zero-order valence-electron chi connectivity index (χ0n) is 9.68. The van der Waals surface area contributed by atoms with Crippen LogP contribution in [0.5, 0.6) is 0 Å². The highest BCUT2D eigenvalue weighted by Gasteiger charge is 2.31. The highest BCUT2D eigenvalue weighted by molar-refractivity contribution is 5.41. The van der Waals surface area contributed by atoms with Gasteiger partial charge in [-0.05, 0) is 38.8 Å². The fourth-order valence-corrected chi connectivity index (χ4v) is 1.98. The van der Waals surface area contributed by atoms with Crippen molar-refractivity contribution in [3.8, 4) is 0 Å². The number of anilines is 1. The van der Waals surface area contributed by atoms with Crippen molar-refractivity contribution in [2.75, 3.05) is 5.32 Å². The van der Waals surface area contributed by atoms with Crippen molar-refractivity contribution in [1.82, 2.24) is 4.57 Å². The lowest BCUT2D eigenvalue weighted by Gasteiger charge is -2.34. The van der Waals surface area contributed by atoms with Gasteiger partial charge in [0.15, 0.2) is 0 Å². The molecule has 2 N–H and O–H groups in total. The third-order valence-corrected chi connectivity index (χ3v) is 2.98. The summed E-state index contributed by atoms with van der Waals surface area (Å²) in [5, 5.41) is 12.7. The van der Waals surface area contributed by atoms with Crippen molar-refractivity contribution >= 4 is 5.69 Å². The molecule has 0 spiro atoms.